The number of rotatable bonds is 8. The molecule has 1 amide bonds. The Morgan fingerprint density at radius 2 is 1.81 bits per heavy atom. The SMILES string of the molecule is O=C(COc1ccccc1[N+](=O)[O-])N/N=C\c1ccc(OC(=O)c2cccc(F)c2)cc1. The van der Waals surface area contributed by atoms with Gasteiger partial charge in [0.25, 0.3) is 5.91 Å². The van der Waals surface area contributed by atoms with Crippen LogP contribution in [0.25, 0.3) is 0 Å². The summed E-state index contributed by atoms with van der Waals surface area (Å²) >= 11 is 0. The minimum absolute atomic E-state index is 0.0278. The summed E-state index contributed by atoms with van der Waals surface area (Å²) in [7, 11) is 0. The lowest BCUT2D eigenvalue weighted by molar-refractivity contribution is -0.385. The quantitative estimate of drug-likeness (QED) is 0.189. The zero-order valence-electron chi connectivity index (χ0n) is 16.4. The van der Waals surface area contributed by atoms with Gasteiger partial charge < -0.3 is 9.47 Å². The number of esters is 1. The van der Waals surface area contributed by atoms with Crippen LogP contribution in [0.2, 0.25) is 0 Å². The van der Waals surface area contributed by atoms with Crippen molar-refractivity contribution < 1.29 is 28.4 Å². The topological polar surface area (TPSA) is 120 Å². The van der Waals surface area contributed by atoms with Gasteiger partial charge in [0.2, 0.25) is 0 Å². The lowest BCUT2D eigenvalue weighted by Gasteiger charge is -2.05. The molecule has 0 radical (unpaired) electrons. The van der Waals surface area contributed by atoms with E-state index in [-0.39, 0.29) is 22.7 Å². The molecular weight excluding hydrogens is 421 g/mol. The van der Waals surface area contributed by atoms with Gasteiger partial charge in [0.1, 0.15) is 11.6 Å². The van der Waals surface area contributed by atoms with Crippen molar-refractivity contribution in [2.45, 2.75) is 0 Å². The van der Waals surface area contributed by atoms with Crippen LogP contribution in [0.1, 0.15) is 15.9 Å². The minimum Gasteiger partial charge on any atom is -0.477 e. The highest BCUT2D eigenvalue weighted by molar-refractivity contribution is 5.91. The molecule has 3 aromatic rings. The molecule has 0 aliphatic carbocycles. The second-order valence-corrected chi connectivity index (χ2v) is 6.28. The zero-order chi connectivity index (χ0) is 22.9. The maximum atomic E-state index is 13.2. The summed E-state index contributed by atoms with van der Waals surface area (Å²) in [6.07, 6.45) is 1.35. The van der Waals surface area contributed by atoms with Crippen LogP contribution < -0.4 is 14.9 Å². The standard InChI is InChI=1S/C22H16FN3O6/c23-17-5-3-4-16(12-17)22(28)32-18-10-8-15(9-11-18)13-24-25-21(27)14-31-20-7-2-1-6-19(20)26(29)30/h1-13H,14H2,(H,25,27)/b24-13-. The number of benzene rings is 3. The molecule has 9 nitrogen and oxygen atoms in total. The van der Waals surface area contributed by atoms with Crippen LogP contribution in [0.4, 0.5) is 10.1 Å². The van der Waals surface area contributed by atoms with Crippen molar-refractivity contribution in [1.82, 2.24) is 5.43 Å². The van der Waals surface area contributed by atoms with E-state index in [1.807, 2.05) is 0 Å². The first kappa shape index (κ1) is 22.1. The van der Waals surface area contributed by atoms with Gasteiger partial charge in [0, 0.05) is 6.07 Å². The molecule has 0 aromatic heterocycles. The van der Waals surface area contributed by atoms with E-state index >= 15 is 0 Å². The predicted octanol–water partition coefficient (Wildman–Crippen LogP) is 3.48. The fourth-order valence-corrected chi connectivity index (χ4v) is 2.49. The highest BCUT2D eigenvalue weighted by atomic mass is 19.1. The van der Waals surface area contributed by atoms with Crippen molar-refractivity contribution in [3.05, 3.63) is 99.9 Å². The summed E-state index contributed by atoms with van der Waals surface area (Å²) < 4.78 is 23.5. The number of hydrogen-bond acceptors (Lipinski definition) is 7. The molecule has 0 bridgehead atoms. The Morgan fingerprint density at radius 3 is 2.53 bits per heavy atom. The van der Waals surface area contributed by atoms with E-state index in [1.54, 1.807) is 18.2 Å². The second kappa shape index (κ2) is 10.4. The van der Waals surface area contributed by atoms with Gasteiger partial charge in [0.15, 0.2) is 12.4 Å². The number of nitro groups is 1. The third-order valence-electron chi connectivity index (χ3n) is 3.97. The minimum atomic E-state index is -0.697. The van der Waals surface area contributed by atoms with E-state index < -0.39 is 29.2 Å². The summed E-state index contributed by atoms with van der Waals surface area (Å²) in [4.78, 5) is 34.1. The van der Waals surface area contributed by atoms with Crippen LogP contribution in [0.5, 0.6) is 11.5 Å². The number of amides is 1. The van der Waals surface area contributed by atoms with E-state index in [9.17, 15) is 24.1 Å². The molecule has 0 heterocycles. The Kier molecular flexibility index (Phi) is 7.20. The van der Waals surface area contributed by atoms with Crippen LogP contribution in [-0.4, -0.2) is 29.6 Å². The molecule has 0 unspecified atom stereocenters. The summed E-state index contributed by atoms with van der Waals surface area (Å²) in [5, 5.41) is 14.7. The zero-order valence-corrected chi connectivity index (χ0v) is 16.4. The van der Waals surface area contributed by atoms with Gasteiger partial charge in [-0.15, -0.1) is 0 Å². The lowest BCUT2D eigenvalue weighted by atomic mass is 10.2. The molecule has 3 aromatic carbocycles. The third-order valence-corrected chi connectivity index (χ3v) is 3.97. The molecule has 0 spiro atoms. The molecular formula is C22H16FN3O6. The summed E-state index contributed by atoms with van der Waals surface area (Å²) in [6, 6.07) is 17.0. The number of carbonyl (C=O) groups is 2. The monoisotopic (exact) mass is 437 g/mol. The highest BCUT2D eigenvalue weighted by Gasteiger charge is 2.14. The fraction of sp³-hybridized carbons (Fsp3) is 0.0455. The van der Waals surface area contributed by atoms with Gasteiger partial charge in [0.05, 0.1) is 16.7 Å². The lowest BCUT2D eigenvalue weighted by Crippen LogP contribution is -2.24. The molecule has 0 aliphatic heterocycles. The summed E-state index contributed by atoms with van der Waals surface area (Å²) in [5.41, 5.74) is 2.67. The van der Waals surface area contributed by atoms with E-state index in [2.05, 4.69) is 10.5 Å². The number of nitrogens with zero attached hydrogens (tertiary/aromatic N) is 2. The van der Waals surface area contributed by atoms with Crippen LogP contribution >= 0.6 is 0 Å². The Labute approximate surface area is 181 Å². The molecule has 1 N–H and O–H groups in total. The number of halogens is 1. The number of nitro benzene ring substituents is 1. The van der Waals surface area contributed by atoms with Crippen LogP contribution in [0.3, 0.4) is 0 Å². The highest BCUT2D eigenvalue weighted by Crippen LogP contribution is 2.25. The average molecular weight is 437 g/mol. The van der Waals surface area contributed by atoms with Gasteiger partial charge in [-0.05, 0) is 54.1 Å². The molecule has 32 heavy (non-hydrogen) atoms. The number of hydrazone groups is 1. The number of hydrogen-bond donors (Lipinski definition) is 1. The largest absolute Gasteiger partial charge is 0.477 e. The fourth-order valence-electron chi connectivity index (χ4n) is 2.49. The van der Waals surface area contributed by atoms with Crippen molar-refractivity contribution in [2.24, 2.45) is 5.10 Å². The molecule has 3 rings (SSSR count). The summed E-state index contributed by atoms with van der Waals surface area (Å²) in [5.74, 6) is -1.63. The van der Waals surface area contributed by atoms with Crippen molar-refractivity contribution in [2.75, 3.05) is 6.61 Å². The number of ether oxygens (including phenoxy) is 2. The van der Waals surface area contributed by atoms with E-state index in [1.165, 1.54) is 54.7 Å². The maximum absolute atomic E-state index is 13.2. The molecule has 0 saturated heterocycles. The van der Waals surface area contributed by atoms with Crippen LogP contribution in [0.15, 0.2) is 77.9 Å². The van der Waals surface area contributed by atoms with E-state index in [0.717, 1.165) is 6.07 Å². The summed E-state index contributed by atoms with van der Waals surface area (Å²) in [6.45, 7) is -0.461. The molecule has 0 atom stereocenters. The average Bonchev–Trinajstić information content (AvgIpc) is 2.79. The van der Waals surface area contributed by atoms with Crippen LogP contribution in [0, 0.1) is 15.9 Å². The Balaban J connectivity index is 1.49. The number of para-hydroxylation sites is 2. The number of nitrogens with one attached hydrogen (secondary N) is 1. The second-order valence-electron chi connectivity index (χ2n) is 6.28. The Hall–Kier alpha value is -4.60. The molecule has 0 aliphatic rings. The van der Waals surface area contributed by atoms with Crippen molar-refractivity contribution in [1.29, 1.82) is 0 Å². The first-order chi connectivity index (χ1) is 15.4. The Morgan fingerprint density at radius 1 is 1.06 bits per heavy atom. The number of carbonyl (C=O) groups excluding carboxylic acids is 2. The van der Waals surface area contributed by atoms with Crippen molar-refractivity contribution in [3.8, 4) is 11.5 Å². The van der Waals surface area contributed by atoms with Gasteiger partial charge in [-0.25, -0.2) is 14.6 Å². The first-order valence-electron chi connectivity index (χ1n) is 9.18. The van der Waals surface area contributed by atoms with Gasteiger partial charge >= 0.3 is 11.7 Å². The third kappa shape index (κ3) is 6.20. The Bertz CT molecular complexity index is 1160. The van der Waals surface area contributed by atoms with Crippen LogP contribution in [-0.2, 0) is 4.79 Å². The van der Waals surface area contributed by atoms with E-state index in [4.69, 9.17) is 9.47 Å². The normalized spacial score (nSPS) is 10.5. The van der Waals surface area contributed by atoms with Gasteiger partial charge in [-0.3, -0.25) is 14.9 Å². The molecule has 0 fully saturated rings. The smallest absolute Gasteiger partial charge is 0.343 e. The van der Waals surface area contributed by atoms with Crippen molar-refractivity contribution in [3.63, 3.8) is 0 Å². The predicted molar refractivity (Wildman–Crippen MR) is 112 cm³/mol. The first-order valence-corrected chi connectivity index (χ1v) is 9.18. The maximum Gasteiger partial charge on any atom is 0.343 e. The molecule has 0 saturated carbocycles. The van der Waals surface area contributed by atoms with Gasteiger partial charge in [-0.1, -0.05) is 18.2 Å². The molecule has 10 heteroatoms. The van der Waals surface area contributed by atoms with E-state index in [0.29, 0.717) is 5.56 Å². The van der Waals surface area contributed by atoms with Crippen molar-refractivity contribution >= 4 is 23.8 Å². The molecule has 162 valence electrons. The van der Waals surface area contributed by atoms with Gasteiger partial charge in [-0.2, -0.15) is 5.10 Å².